The number of hydrogen-bond donors (Lipinski definition) is 2. The zero-order chi connectivity index (χ0) is 17.9. The van der Waals surface area contributed by atoms with Crippen LogP contribution in [-0.4, -0.2) is 46.1 Å². The molecule has 2 bridgehead atoms. The minimum absolute atomic E-state index is 0.104. The maximum atomic E-state index is 9.75. The fraction of sp³-hybridized carbons (Fsp3) is 0.500. The van der Waals surface area contributed by atoms with Gasteiger partial charge in [0.05, 0.1) is 18.8 Å². The predicted molar refractivity (Wildman–Crippen MR) is 95.0 cm³/mol. The van der Waals surface area contributed by atoms with E-state index in [-0.39, 0.29) is 6.04 Å². The molecule has 2 N–H and O–H groups in total. The normalized spacial score (nSPS) is 17.7. The van der Waals surface area contributed by atoms with Crippen LogP contribution in [0.2, 0.25) is 5.02 Å². The van der Waals surface area contributed by atoms with E-state index in [1.54, 1.807) is 4.68 Å². The molecule has 2 aliphatic heterocycles. The molecule has 2 aromatic rings. The second kappa shape index (κ2) is 7.35. The molecule has 0 atom stereocenters. The molecule has 136 valence electrons. The van der Waals surface area contributed by atoms with E-state index in [1.807, 2.05) is 0 Å². The number of nitrogens with zero attached hydrogens (tertiary/aromatic N) is 5. The third-order valence-electron chi connectivity index (χ3n) is 4.35. The van der Waals surface area contributed by atoms with Crippen LogP contribution < -0.4 is 15.4 Å². The van der Waals surface area contributed by atoms with Crippen LogP contribution in [0.5, 0.6) is 5.88 Å². The smallest absolute Gasteiger partial charge is 0.258 e. The summed E-state index contributed by atoms with van der Waals surface area (Å²) in [7, 11) is 0. The zero-order valence-electron chi connectivity index (χ0n) is 14.0. The van der Waals surface area contributed by atoms with Gasteiger partial charge in [-0.05, 0) is 19.3 Å². The van der Waals surface area contributed by atoms with Gasteiger partial charge in [0, 0.05) is 19.8 Å². The van der Waals surface area contributed by atoms with Crippen molar-refractivity contribution in [1.29, 1.82) is 5.26 Å². The predicted octanol–water partition coefficient (Wildman–Crippen LogP) is 2.49. The molecule has 1 fully saturated rings. The number of rotatable bonds is 1. The van der Waals surface area contributed by atoms with Crippen molar-refractivity contribution >= 4 is 29.1 Å². The molecule has 4 heterocycles. The molecule has 0 radical (unpaired) electrons. The quantitative estimate of drug-likeness (QED) is 0.782. The lowest BCUT2D eigenvalue weighted by molar-refractivity contribution is 0.0656. The van der Waals surface area contributed by atoms with Crippen LogP contribution in [0.25, 0.3) is 0 Å². The Morgan fingerprint density at radius 3 is 2.96 bits per heavy atom. The fourth-order valence-corrected chi connectivity index (χ4v) is 3.20. The number of ether oxygens (including phenoxy) is 2. The highest BCUT2D eigenvalue weighted by molar-refractivity contribution is 6.32. The number of aromatic nitrogens is 4. The molecule has 9 nitrogen and oxygen atoms in total. The summed E-state index contributed by atoms with van der Waals surface area (Å²) in [5.41, 5.74) is 0.883. The minimum atomic E-state index is 0.104. The van der Waals surface area contributed by atoms with Crippen LogP contribution in [0.4, 0.5) is 17.5 Å². The van der Waals surface area contributed by atoms with Crippen molar-refractivity contribution in [2.24, 2.45) is 0 Å². The van der Waals surface area contributed by atoms with Gasteiger partial charge in [0.1, 0.15) is 16.8 Å². The molecule has 0 aromatic carbocycles. The maximum Gasteiger partial charge on any atom is 0.258 e. The summed E-state index contributed by atoms with van der Waals surface area (Å²) in [4.78, 5) is 8.58. The lowest BCUT2D eigenvalue weighted by Gasteiger charge is -2.22. The molecule has 1 saturated heterocycles. The first-order chi connectivity index (χ1) is 12.8. The molecule has 0 aliphatic carbocycles. The highest BCUT2D eigenvalue weighted by Gasteiger charge is 2.27. The van der Waals surface area contributed by atoms with Crippen molar-refractivity contribution < 1.29 is 9.47 Å². The monoisotopic (exact) mass is 375 g/mol. The summed E-state index contributed by atoms with van der Waals surface area (Å²) in [5.74, 6) is 1.25. The van der Waals surface area contributed by atoms with Crippen molar-refractivity contribution in [2.45, 2.75) is 25.3 Å². The van der Waals surface area contributed by atoms with Crippen molar-refractivity contribution in [3.05, 3.63) is 16.9 Å². The molecule has 2 aliphatic rings. The summed E-state index contributed by atoms with van der Waals surface area (Å²) in [6.45, 7) is 2.42. The van der Waals surface area contributed by atoms with Gasteiger partial charge in [-0.15, -0.1) is 5.10 Å². The average Bonchev–Trinajstić information content (AvgIpc) is 3.00. The summed E-state index contributed by atoms with van der Waals surface area (Å²) in [6, 6.07) is 2.34. The van der Waals surface area contributed by atoms with E-state index in [4.69, 9.17) is 21.1 Å². The fourth-order valence-electron chi connectivity index (χ4n) is 3.04. The van der Waals surface area contributed by atoms with Gasteiger partial charge in [0.25, 0.3) is 5.88 Å². The van der Waals surface area contributed by atoms with Crippen molar-refractivity contribution in [2.75, 3.05) is 37.0 Å². The highest BCUT2D eigenvalue weighted by atomic mass is 35.5. The van der Waals surface area contributed by atoms with E-state index >= 15 is 0 Å². The molecule has 26 heavy (non-hydrogen) atoms. The molecular weight excluding hydrogens is 358 g/mol. The summed E-state index contributed by atoms with van der Waals surface area (Å²) in [5, 5.41) is 21.0. The largest absolute Gasteiger partial charge is 0.475 e. The molecule has 10 heteroatoms. The number of halogens is 1. The number of nitriles is 1. The van der Waals surface area contributed by atoms with Gasteiger partial charge in [-0.1, -0.05) is 11.6 Å². The molecule has 0 unspecified atom stereocenters. The van der Waals surface area contributed by atoms with Gasteiger partial charge in [-0.2, -0.15) is 10.2 Å². The van der Waals surface area contributed by atoms with Crippen LogP contribution in [0.15, 0.2) is 6.20 Å². The molecule has 0 amide bonds. The topological polar surface area (TPSA) is 110 Å². The lowest BCUT2D eigenvalue weighted by Crippen LogP contribution is -2.21. The molecule has 4 rings (SSSR count). The van der Waals surface area contributed by atoms with E-state index in [0.717, 1.165) is 19.3 Å². The Labute approximate surface area is 155 Å². The van der Waals surface area contributed by atoms with E-state index < -0.39 is 0 Å². The van der Waals surface area contributed by atoms with Gasteiger partial charge >= 0.3 is 0 Å². The maximum absolute atomic E-state index is 9.75. The summed E-state index contributed by atoms with van der Waals surface area (Å²) in [6.07, 6.45) is 3.87. The Balaban J connectivity index is 1.76. The Hall–Kier alpha value is -2.57. The Morgan fingerprint density at radius 1 is 1.31 bits per heavy atom. The third-order valence-corrected chi connectivity index (χ3v) is 4.63. The molecule has 0 saturated carbocycles. The molecule has 0 spiro atoms. The van der Waals surface area contributed by atoms with Crippen LogP contribution in [0, 0.1) is 11.3 Å². The second-order valence-corrected chi connectivity index (χ2v) is 6.48. The second-order valence-electron chi connectivity index (χ2n) is 6.07. The van der Waals surface area contributed by atoms with Crippen LogP contribution in [-0.2, 0) is 4.74 Å². The zero-order valence-corrected chi connectivity index (χ0v) is 14.8. The minimum Gasteiger partial charge on any atom is -0.475 e. The van der Waals surface area contributed by atoms with Crippen LogP contribution in [0.1, 0.15) is 31.0 Å². The average molecular weight is 376 g/mol. The van der Waals surface area contributed by atoms with E-state index in [1.165, 1.54) is 6.20 Å². The SMILES string of the molecule is N#Cc1c2c(nn1C1CCOCC1)OCCCNc1nc(ncc1Cl)N2. The van der Waals surface area contributed by atoms with Crippen molar-refractivity contribution in [3.8, 4) is 11.9 Å². The Bertz CT molecular complexity index is 842. The van der Waals surface area contributed by atoms with Gasteiger partial charge in [0.15, 0.2) is 11.5 Å². The first-order valence-electron chi connectivity index (χ1n) is 8.53. The van der Waals surface area contributed by atoms with Crippen LogP contribution >= 0.6 is 11.6 Å². The van der Waals surface area contributed by atoms with Crippen molar-refractivity contribution in [3.63, 3.8) is 0 Å². The van der Waals surface area contributed by atoms with Crippen molar-refractivity contribution in [1.82, 2.24) is 19.7 Å². The highest BCUT2D eigenvalue weighted by Crippen LogP contribution is 2.35. The van der Waals surface area contributed by atoms with Gasteiger partial charge in [-0.25, -0.2) is 9.67 Å². The van der Waals surface area contributed by atoms with E-state index in [9.17, 15) is 5.26 Å². The van der Waals surface area contributed by atoms with E-state index in [2.05, 4.69) is 31.8 Å². The van der Waals surface area contributed by atoms with Crippen LogP contribution in [0.3, 0.4) is 0 Å². The Kier molecular flexibility index (Phi) is 4.77. The first-order valence-corrected chi connectivity index (χ1v) is 8.90. The number of anilines is 3. The van der Waals surface area contributed by atoms with Gasteiger partial charge in [-0.3, -0.25) is 0 Å². The Morgan fingerprint density at radius 2 is 2.15 bits per heavy atom. The van der Waals surface area contributed by atoms with E-state index in [0.29, 0.717) is 60.4 Å². The third kappa shape index (κ3) is 3.25. The standard InChI is InChI=1S/C16H18ClN7O2/c17-11-9-20-16-21-13-12(8-18)24(10-2-6-25-7-3-10)23-15(13)26-5-1-4-19-14(11)22-16/h9-10H,1-7H2,(H2,19,20,21,22). The molecule has 2 aromatic heterocycles. The molecular formula is C16H18ClN7O2. The summed E-state index contributed by atoms with van der Waals surface area (Å²) < 4.78 is 13.0. The van der Waals surface area contributed by atoms with Gasteiger partial charge < -0.3 is 20.1 Å². The first kappa shape index (κ1) is 16.9. The number of hydrogen-bond acceptors (Lipinski definition) is 8. The van der Waals surface area contributed by atoms with Gasteiger partial charge in [0.2, 0.25) is 5.95 Å². The number of nitrogens with one attached hydrogen (secondary N) is 2. The number of fused-ring (bicyclic) bond motifs is 3. The lowest BCUT2D eigenvalue weighted by atomic mass is 10.1. The summed E-state index contributed by atoms with van der Waals surface area (Å²) >= 11 is 6.13.